The first-order valence-electron chi connectivity index (χ1n) is 14.5. The molecule has 0 saturated carbocycles. The van der Waals surface area contributed by atoms with E-state index in [4.69, 9.17) is 24.5 Å². The van der Waals surface area contributed by atoms with Crippen LogP contribution in [0.25, 0.3) is 0 Å². The van der Waals surface area contributed by atoms with E-state index >= 15 is 0 Å². The second kappa shape index (κ2) is 14.3. The summed E-state index contributed by atoms with van der Waals surface area (Å²) in [7, 11) is 0. The van der Waals surface area contributed by atoms with Crippen molar-refractivity contribution in [3.05, 3.63) is 35.4 Å². The zero-order valence-electron chi connectivity index (χ0n) is 27.2. The number of rotatable bonds is 8. The third kappa shape index (κ3) is 12.3. The topological polar surface area (TPSA) is 148 Å². The number of amides is 3. The first-order valence-corrected chi connectivity index (χ1v) is 14.5. The maximum Gasteiger partial charge on any atom is 0.413 e. The van der Waals surface area contributed by atoms with Crippen LogP contribution in [-0.2, 0) is 28.6 Å². The molecule has 1 aliphatic rings. The number of benzene rings is 1. The number of piperidine rings is 1. The minimum absolute atomic E-state index is 0.149. The van der Waals surface area contributed by atoms with Gasteiger partial charge in [0.15, 0.2) is 0 Å². The molecule has 0 bridgehead atoms. The summed E-state index contributed by atoms with van der Waals surface area (Å²) in [6, 6.07) is 5.13. The van der Waals surface area contributed by atoms with Gasteiger partial charge in [-0.3, -0.25) is 25.2 Å². The van der Waals surface area contributed by atoms with Crippen LogP contribution in [0.4, 0.5) is 4.79 Å². The van der Waals surface area contributed by atoms with Crippen molar-refractivity contribution in [2.24, 2.45) is 0 Å². The Morgan fingerprint density at radius 3 is 1.88 bits per heavy atom. The van der Waals surface area contributed by atoms with Crippen molar-refractivity contribution in [1.29, 1.82) is 5.41 Å². The van der Waals surface area contributed by atoms with Gasteiger partial charge >= 0.3 is 12.1 Å². The number of hydrogen-bond donors (Lipinski definition) is 2. The Labute approximate surface area is 254 Å². The molecule has 0 aliphatic carbocycles. The van der Waals surface area contributed by atoms with Crippen LogP contribution in [0, 0.1) is 5.41 Å². The normalized spacial score (nSPS) is 15.3. The second-order valence-electron chi connectivity index (χ2n) is 13.5. The fourth-order valence-corrected chi connectivity index (χ4v) is 4.14. The van der Waals surface area contributed by atoms with Gasteiger partial charge in [0.05, 0.1) is 11.7 Å². The third-order valence-corrected chi connectivity index (χ3v) is 5.94. The fourth-order valence-electron chi connectivity index (χ4n) is 4.14. The number of ether oxygens (including phenoxy) is 3. The maximum atomic E-state index is 13.6. The lowest BCUT2D eigenvalue weighted by Crippen LogP contribution is -2.53. The van der Waals surface area contributed by atoms with Crippen molar-refractivity contribution in [3.63, 3.8) is 0 Å². The van der Waals surface area contributed by atoms with Crippen molar-refractivity contribution < 1.29 is 38.2 Å². The Morgan fingerprint density at radius 2 is 1.40 bits per heavy atom. The Morgan fingerprint density at radius 1 is 0.884 bits per heavy atom. The summed E-state index contributed by atoms with van der Waals surface area (Å²) in [4.78, 5) is 58.7. The molecule has 2 N–H and O–H groups in total. The van der Waals surface area contributed by atoms with Gasteiger partial charge in [-0.2, -0.15) is 0 Å². The quantitative estimate of drug-likeness (QED) is 0.192. The number of nitrogens with one attached hydrogen (secondary N) is 2. The van der Waals surface area contributed by atoms with Gasteiger partial charge in [0.2, 0.25) is 5.91 Å². The molecule has 43 heavy (non-hydrogen) atoms. The van der Waals surface area contributed by atoms with Gasteiger partial charge in [0.25, 0.3) is 5.91 Å². The predicted molar refractivity (Wildman–Crippen MR) is 161 cm³/mol. The summed E-state index contributed by atoms with van der Waals surface area (Å²) in [5.41, 5.74) is -1.46. The third-order valence-electron chi connectivity index (χ3n) is 5.94. The smallest absolute Gasteiger partial charge is 0.413 e. The van der Waals surface area contributed by atoms with E-state index in [0.29, 0.717) is 31.5 Å². The van der Waals surface area contributed by atoms with E-state index in [0.717, 1.165) is 5.06 Å². The molecule has 0 radical (unpaired) electrons. The molecule has 1 aromatic rings. The van der Waals surface area contributed by atoms with Crippen LogP contribution in [-0.4, -0.2) is 88.3 Å². The van der Waals surface area contributed by atoms with E-state index in [1.54, 1.807) is 74.1 Å². The highest BCUT2D eigenvalue weighted by Crippen LogP contribution is 2.21. The number of carbonyl (C=O) groups is 4. The molecule has 1 heterocycles. The molecule has 12 nitrogen and oxygen atoms in total. The van der Waals surface area contributed by atoms with Gasteiger partial charge < -0.3 is 19.1 Å². The van der Waals surface area contributed by atoms with Crippen molar-refractivity contribution in [2.75, 3.05) is 19.7 Å². The molecule has 12 heteroatoms. The van der Waals surface area contributed by atoms with Crippen LogP contribution in [0.5, 0.6) is 0 Å². The molecule has 1 aliphatic heterocycles. The van der Waals surface area contributed by atoms with Gasteiger partial charge in [0, 0.05) is 24.2 Å². The van der Waals surface area contributed by atoms with Crippen LogP contribution < -0.4 is 5.32 Å². The highest BCUT2D eigenvalue weighted by molar-refractivity contribution is 6.05. The second-order valence-corrected chi connectivity index (χ2v) is 13.5. The first-order chi connectivity index (χ1) is 19.6. The molecular weight excluding hydrogens is 556 g/mol. The molecule has 3 amide bonds. The summed E-state index contributed by atoms with van der Waals surface area (Å²) < 4.78 is 16.2. The standard InChI is InChI=1S/C31H48N4O8/c1-20(26(37)34-17-15-23(16-18-34)40-19-24(36)41-29(2,3)4)35(43-31(8,9)10)27(38)22-13-11-21(12-14-22)25(32)33-28(39)42-30(5,6)7/h11-14,20,23H,15-19H2,1-10H3,(H2,32,33,39)/t20-/m0/s1. The Kier molecular flexibility index (Phi) is 11.9. The molecule has 1 atom stereocenters. The SMILES string of the molecule is C[C@@H](C(=O)N1CCC(OCC(=O)OC(C)(C)C)CC1)N(OC(C)(C)C)C(=O)c1ccc(C(=N)NC(=O)OC(C)(C)C)cc1. The molecule has 2 rings (SSSR count). The average molecular weight is 605 g/mol. The number of hydroxylamine groups is 2. The van der Waals surface area contributed by atoms with Crippen molar-refractivity contribution in [1.82, 2.24) is 15.3 Å². The molecule has 0 aromatic heterocycles. The van der Waals surface area contributed by atoms with Gasteiger partial charge in [-0.15, -0.1) is 0 Å². The summed E-state index contributed by atoms with van der Waals surface area (Å²) in [5.74, 6) is -1.41. The fraction of sp³-hybridized carbons (Fsp3) is 0.645. The summed E-state index contributed by atoms with van der Waals surface area (Å²) in [5, 5.41) is 11.6. The van der Waals surface area contributed by atoms with E-state index in [1.165, 1.54) is 24.3 Å². The lowest BCUT2D eigenvalue weighted by Gasteiger charge is -2.38. The van der Waals surface area contributed by atoms with Crippen LogP contribution >= 0.6 is 0 Å². The van der Waals surface area contributed by atoms with E-state index in [9.17, 15) is 19.2 Å². The highest BCUT2D eigenvalue weighted by Gasteiger charge is 2.35. The number of likely N-dealkylation sites (tertiary alicyclic amines) is 1. The first kappa shape index (κ1) is 35.7. The van der Waals surface area contributed by atoms with Crippen LogP contribution in [0.2, 0.25) is 0 Å². The number of alkyl carbamates (subject to hydrolysis) is 1. The van der Waals surface area contributed by atoms with Crippen molar-refractivity contribution in [3.8, 4) is 0 Å². The maximum absolute atomic E-state index is 13.6. The van der Waals surface area contributed by atoms with Crippen LogP contribution in [0.15, 0.2) is 24.3 Å². The number of nitrogens with zero attached hydrogens (tertiary/aromatic N) is 2. The van der Waals surface area contributed by atoms with Gasteiger partial charge in [0.1, 0.15) is 29.7 Å². The monoisotopic (exact) mass is 604 g/mol. The zero-order valence-corrected chi connectivity index (χ0v) is 27.2. The van der Waals surface area contributed by atoms with Gasteiger partial charge in [-0.25, -0.2) is 14.7 Å². The van der Waals surface area contributed by atoms with Gasteiger partial charge in [-0.05, 0) is 94.2 Å². The van der Waals surface area contributed by atoms with E-state index < -0.39 is 40.8 Å². The number of esters is 1. The highest BCUT2D eigenvalue weighted by atomic mass is 16.7. The summed E-state index contributed by atoms with van der Waals surface area (Å²) in [6.07, 6.45) is 0.144. The molecular formula is C31H48N4O8. The molecule has 0 unspecified atom stereocenters. The summed E-state index contributed by atoms with van der Waals surface area (Å²) in [6.45, 7) is 18.2. The van der Waals surface area contributed by atoms with Gasteiger partial charge in [-0.1, -0.05) is 12.1 Å². The Bertz CT molecular complexity index is 1150. The van der Waals surface area contributed by atoms with E-state index in [2.05, 4.69) is 5.32 Å². The number of amidine groups is 1. The molecule has 1 aromatic carbocycles. The zero-order chi connectivity index (χ0) is 32.8. The minimum Gasteiger partial charge on any atom is -0.458 e. The van der Waals surface area contributed by atoms with Crippen molar-refractivity contribution >= 4 is 29.7 Å². The summed E-state index contributed by atoms with van der Waals surface area (Å²) >= 11 is 0. The molecule has 1 fully saturated rings. The number of hydrogen-bond acceptors (Lipinski definition) is 9. The van der Waals surface area contributed by atoms with E-state index in [-0.39, 0.29) is 30.0 Å². The van der Waals surface area contributed by atoms with Crippen LogP contribution in [0.3, 0.4) is 0 Å². The lowest BCUT2D eigenvalue weighted by molar-refractivity contribution is -0.216. The largest absolute Gasteiger partial charge is 0.458 e. The minimum atomic E-state index is -0.933. The molecule has 1 saturated heterocycles. The number of carbonyl (C=O) groups excluding carboxylic acids is 4. The Balaban J connectivity index is 2.05. The molecule has 0 spiro atoms. The average Bonchev–Trinajstić information content (AvgIpc) is 2.87. The Hall–Kier alpha value is -3.51. The van der Waals surface area contributed by atoms with E-state index in [1.807, 2.05) is 0 Å². The molecule has 240 valence electrons. The predicted octanol–water partition coefficient (Wildman–Crippen LogP) is 4.45. The lowest BCUT2D eigenvalue weighted by atomic mass is 10.1. The van der Waals surface area contributed by atoms with Crippen molar-refractivity contribution in [2.45, 2.75) is 111 Å². The van der Waals surface area contributed by atoms with Crippen LogP contribution in [0.1, 0.15) is 98.0 Å².